The standard InChI is InChI=1S/C32H17Cl4O3PS/c33-21-9-19(10-22(34)15-21)27-13-17-5-1-3-7-25(17)29-30-26-8-4-2-6-18(26)14-28(20-11-23(35)16-24(36)12-20)32(30)39-40(37,41)38-31(27)29/h1-16H,(H,37,41). The smallest absolute Gasteiger partial charge is 0.414 e. The molecule has 0 radical (unpaired) electrons. The van der Waals surface area contributed by atoms with Gasteiger partial charge in [0.15, 0.2) is 0 Å². The highest BCUT2D eigenvalue weighted by Crippen LogP contribution is 2.61. The largest absolute Gasteiger partial charge is 0.432 e. The van der Waals surface area contributed by atoms with Crippen LogP contribution in [0.1, 0.15) is 0 Å². The number of hydrogen-bond donors (Lipinski definition) is 1. The quantitative estimate of drug-likeness (QED) is 0.189. The van der Waals surface area contributed by atoms with Crippen LogP contribution >= 0.6 is 53.1 Å². The highest BCUT2D eigenvalue weighted by atomic mass is 35.5. The molecule has 0 amide bonds. The lowest BCUT2D eigenvalue weighted by atomic mass is 9.86. The monoisotopic (exact) mass is 652 g/mol. The summed E-state index contributed by atoms with van der Waals surface area (Å²) in [5, 5.41) is 5.55. The van der Waals surface area contributed by atoms with Gasteiger partial charge in [-0.3, -0.25) is 0 Å². The van der Waals surface area contributed by atoms with E-state index in [1.165, 1.54) is 0 Å². The van der Waals surface area contributed by atoms with Crippen LogP contribution in [0.2, 0.25) is 20.1 Å². The van der Waals surface area contributed by atoms with Crippen molar-refractivity contribution >= 4 is 86.5 Å². The van der Waals surface area contributed by atoms with Crippen molar-refractivity contribution in [1.82, 2.24) is 0 Å². The Kier molecular flexibility index (Phi) is 6.72. The fraction of sp³-hybridized carbons (Fsp3) is 0. The molecule has 6 aromatic rings. The van der Waals surface area contributed by atoms with Crippen molar-refractivity contribution in [2.75, 3.05) is 0 Å². The Labute approximate surface area is 261 Å². The second-order valence-corrected chi connectivity index (χ2v) is 14.1. The molecule has 0 aliphatic carbocycles. The SMILES string of the molecule is OP1(=S)Oc2c(-c3cc(Cl)cc(Cl)c3)cc3ccccc3c2-c2c(c(-c3cc(Cl)cc(Cl)c3)cc3ccccc23)O1. The molecule has 0 bridgehead atoms. The van der Waals surface area contributed by atoms with E-state index in [4.69, 9.17) is 67.3 Å². The highest BCUT2D eigenvalue weighted by Gasteiger charge is 2.35. The van der Waals surface area contributed by atoms with Gasteiger partial charge < -0.3 is 13.9 Å². The van der Waals surface area contributed by atoms with Crippen LogP contribution in [-0.2, 0) is 11.8 Å². The third-order valence-corrected chi connectivity index (χ3v) is 9.16. The van der Waals surface area contributed by atoms with Crippen LogP contribution in [-0.4, -0.2) is 4.89 Å². The summed E-state index contributed by atoms with van der Waals surface area (Å²) in [5.74, 6) is 0.774. The summed E-state index contributed by atoms with van der Waals surface area (Å²) in [6.07, 6.45) is 0. The average Bonchev–Trinajstić information content (AvgIpc) is 3.04. The number of rotatable bonds is 2. The third-order valence-electron chi connectivity index (χ3n) is 7.01. The zero-order chi connectivity index (χ0) is 28.5. The van der Waals surface area contributed by atoms with Gasteiger partial charge in [0.1, 0.15) is 11.5 Å². The van der Waals surface area contributed by atoms with Gasteiger partial charge in [-0.05, 0) is 81.2 Å². The van der Waals surface area contributed by atoms with E-state index < -0.39 is 6.72 Å². The molecule has 3 nitrogen and oxygen atoms in total. The fourth-order valence-electron chi connectivity index (χ4n) is 5.44. The number of benzene rings is 6. The summed E-state index contributed by atoms with van der Waals surface area (Å²) in [6.45, 7) is -3.89. The summed E-state index contributed by atoms with van der Waals surface area (Å²) < 4.78 is 12.6. The molecular formula is C32H17Cl4O3PS. The van der Waals surface area contributed by atoms with Gasteiger partial charge in [-0.15, -0.1) is 0 Å². The van der Waals surface area contributed by atoms with E-state index in [1.54, 1.807) is 36.4 Å². The van der Waals surface area contributed by atoms with Crippen LogP contribution in [0.3, 0.4) is 0 Å². The normalized spacial score (nSPS) is 13.7. The molecule has 202 valence electrons. The number of fused-ring (bicyclic) bond motifs is 7. The summed E-state index contributed by atoms with van der Waals surface area (Å²) >= 11 is 31.3. The highest BCUT2D eigenvalue weighted by molar-refractivity contribution is 8.07. The predicted octanol–water partition coefficient (Wildman–Crippen LogP) is 11.6. The zero-order valence-corrected chi connectivity index (χ0v) is 25.6. The van der Waals surface area contributed by atoms with Crippen LogP contribution in [0.5, 0.6) is 11.5 Å². The molecule has 41 heavy (non-hydrogen) atoms. The Morgan fingerprint density at radius 3 is 1.29 bits per heavy atom. The average molecular weight is 654 g/mol. The van der Waals surface area contributed by atoms with Gasteiger partial charge in [-0.1, -0.05) is 94.9 Å². The molecule has 0 aromatic heterocycles. The van der Waals surface area contributed by atoms with Crippen molar-refractivity contribution in [3.63, 3.8) is 0 Å². The lowest BCUT2D eigenvalue weighted by molar-refractivity contribution is 0.384. The molecule has 1 N–H and O–H groups in total. The van der Waals surface area contributed by atoms with Gasteiger partial charge in [0, 0.05) is 54.2 Å². The van der Waals surface area contributed by atoms with Crippen LogP contribution in [0.25, 0.3) is 54.9 Å². The van der Waals surface area contributed by atoms with Crippen molar-refractivity contribution in [3.8, 4) is 44.9 Å². The maximum absolute atomic E-state index is 11.5. The maximum atomic E-state index is 11.5. The molecule has 0 saturated carbocycles. The van der Waals surface area contributed by atoms with Crippen LogP contribution in [0.4, 0.5) is 0 Å². The molecule has 0 atom stereocenters. The van der Waals surface area contributed by atoms with Crippen molar-refractivity contribution < 1.29 is 13.9 Å². The van der Waals surface area contributed by atoms with Crippen molar-refractivity contribution in [2.24, 2.45) is 0 Å². The molecule has 0 unspecified atom stereocenters. The Morgan fingerprint density at radius 1 is 0.537 bits per heavy atom. The molecule has 6 aromatic carbocycles. The van der Waals surface area contributed by atoms with Gasteiger partial charge in [0.05, 0.1) is 0 Å². The topological polar surface area (TPSA) is 38.7 Å². The van der Waals surface area contributed by atoms with Crippen molar-refractivity contribution in [2.45, 2.75) is 0 Å². The van der Waals surface area contributed by atoms with Crippen LogP contribution in [0, 0.1) is 0 Å². The third kappa shape index (κ3) is 4.88. The first kappa shape index (κ1) is 27.1. The van der Waals surface area contributed by atoms with E-state index in [0.717, 1.165) is 32.7 Å². The van der Waals surface area contributed by atoms with E-state index >= 15 is 0 Å². The maximum Gasteiger partial charge on any atom is 0.432 e. The Bertz CT molecular complexity index is 1930. The predicted molar refractivity (Wildman–Crippen MR) is 176 cm³/mol. The van der Waals surface area contributed by atoms with Crippen LogP contribution < -0.4 is 9.05 Å². The summed E-state index contributed by atoms with van der Waals surface area (Å²) in [4.78, 5) is 11.5. The second-order valence-electron chi connectivity index (χ2n) is 9.67. The van der Waals surface area contributed by atoms with Crippen LogP contribution in [0.15, 0.2) is 97.1 Å². The first-order valence-electron chi connectivity index (χ1n) is 12.4. The molecule has 9 heteroatoms. The molecule has 0 fully saturated rings. The van der Waals surface area contributed by atoms with E-state index in [2.05, 4.69) is 0 Å². The first-order chi connectivity index (χ1) is 19.7. The molecule has 0 saturated heterocycles. The second kappa shape index (κ2) is 10.2. The van der Waals surface area contributed by atoms with Gasteiger partial charge in [0.25, 0.3) is 0 Å². The number of hydrogen-bond acceptors (Lipinski definition) is 3. The fourth-order valence-corrected chi connectivity index (χ4v) is 7.82. The summed E-state index contributed by atoms with van der Waals surface area (Å²) in [7, 11) is 0. The van der Waals surface area contributed by atoms with E-state index in [1.807, 2.05) is 60.7 Å². The van der Waals surface area contributed by atoms with Crippen molar-refractivity contribution in [1.29, 1.82) is 0 Å². The molecule has 1 aliphatic rings. The van der Waals surface area contributed by atoms with E-state index in [9.17, 15) is 4.89 Å². The van der Waals surface area contributed by atoms with Gasteiger partial charge in [-0.2, -0.15) is 0 Å². The summed E-state index contributed by atoms with van der Waals surface area (Å²) in [6, 6.07) is 30.4. The molecule has 0 spiro atoms. The minimum absolute atomic E-state index is 0.387. The van der Waals surface area contributed by atoms with Gasteiger partial charge in [0.2, 0.25) is 0 Å². The molecule has 7 rings (SSSR count). The van der Waals surface area contributed by atoms with Gasteiger partial charge >= 0.3 is 6.72 Å². The Hall–Kier alpha value is -2.79. The lowest BCUT2D eigenvalue weighted by Gasteiger charge is -2.19. The minimum Gasteiger partial charge on any atom is -0.414 e. The molecule has 1 heterocycles. The van der Waals surface area contributed by atoms with E-state index in [0.29, 0.717) is 53.8 Å². The Balaban J connectivity index is 1.71. The number of halogens is 4. The van der Waals surface area contributed by atoms with Gasteiger partial charge in [-0.25, -0.2) is 0 Å². The van der Waals surface area contributed by atoms with Crippen molar-refractivity contribution in [3.05, 3.63) is 117 Å². The zero-order valence-electron chi connectivity index (χ0n) is 20.9. The van der Waals surface area contributed by atoms with E-state index in [-0.39, 0.29) is 0 Å². The lowest BCUT2D eigenvalue weighted by Crippen LogP contribution is -1.99. The summed E-state index contributed by atoms with van der Waals surface area (Å²) in [5.41, 5.74) is 4.23. The Morgan fingerprint density at radius 2 is 0.902 bits per heavy atom. The molecular weight excluding hydrogens is 637 g/mol. The molecule has 1 aliphatic heterocycles. The minimum atomic E-state index is -3.89. The first-order valence-corrected chi connectivity index (χ1v) is 16.5.